The molecule has 1 amide bonds. The maximum absolute atomic E-state index is 13.4. The van der Waals surface area contributed by atoms with Gasteiger partial charge in [0.25, 0.3) is 5.91 Å². The van der Waals surface area contributed by atoms with Crippen LogP contribution in [0.25, 0.3) is 21.7 Å². The highest BCUT2D eigenvalue weighted by Gasteiger charge is 2.32. The van der Waals surface area contributed by atoms with E-state index < -0.39 is 0 Å². The lowest BCUT2D eigenvalue weighted by Crippen LogP contribution is -2.46. The summed E-state index contributed by atoms with van der Waals surface area (Å²) in [5.74, 6) is -0.0323. The van der Waals surface area contributed by atoms with Crippen molar-refractivity contribution >= 4 is 27.6 Å². The minimum Gasteiger partial charge on any atom is -0.394 e. The van der Waals surface area contributed by atoms with Crippen molar-refractivity contribution in [3.63, 3.8) is 0 Å². The van der Waals surface area contributed by atoms with Crippen LogP contribution in [0.4, 0.5) is 0 Å². The Kier molecular flexibility index (Phi) is 3.73. The number of para-hydroxylation sites is 1. The molecule has 3 aromatic carbocycles. The zero-order chi connectivity index (χ0) is 18.4. The van der Waals surface area contributed by atoms with Gasteiger partial charge in [-0.15, -0.1) is 0 Å². The van der Waals surface area contributed by atoms with Crippen molar-refractivity contribution in [1.29, 1.82) is 0 Å². The van der Waals surface area contributed by atoms with E-state index in [1.165, 1.54) is 10.9 Å². The van der Waals surface area contributed by atoms with E-state index in [0.29, 0.717) is 18.5 Å². The van der Waals surface area contributed by atoms with Gasteiger partial charge in [0.05, 0.1) is 19.2 Å². The fourth-order valence-electron chi connectivity index (χ4n) is 4.24. The number of H-pyrrole nitrogens is 1. The van der Waals surface area contributed by atoms with Crippen molar-refractivity contribution in [1.82, 2.24) is 9.88 Å². The van der Waals surface area contributed by atoms with Crippen LogP contribution in [-0.4, -0.2) is 33.5 Å². The molecule has 0 saturated heterocycles. The zero-order valence-corrected chi connectivity index (χ0v) is 14.9. The Hall–Kier alpha value is -3.11. The molecule has 1 aliphatic rings. The smallest absolute Gasteiger partial charge is 0.255 e. The van der Waals surface area contributed by atoms with E-state index in [-0.39, 0.29) is 18.6 Å². The van der Waals surface area contributed by atoms with Crippen LogP contribution < -0.4 is 0 Å². The largest absolute Gasteiger partial charge is 0.394 e. The average molecular weight is 356 g/mol. The van der Waals surface area contributed by atoms with Gasteiger partial charge in [-0.05, 0) is 34.9 Å². The second kappa shape index (κ2) is 6.25. The molecule has 2 N–H and O–H groups in total. The lowest BCUT2D eigenvalue weighted by Gasteiger charge is -2.35. The quantitative estimate of drug-likeness (QED) is 0.573. The number of nitrogens with zero attached hydrogens (tertiary/aromatic N) is 1. The maximum Gasteiger partial charge on any atom is 0.255 e. The van der Waals surface area contributed by atoms with E-state index in [1.54, 1.807) is 4.90 Å². The first-order valence-corrected chi connectivity index (χ1v) is 9.24. The second-order valence-corrected chi connectivity index (χ2v) is 7.13. The standard InChI is InChI=1S/C23H20N2O2/c26-14-16-12-20-18-9-3-4-11-21(18)24-22(20)13-25(16)23(27)19-10-5-7-15-6-1-2-8-17(15)19/h1-11,16,24,26H,12-14H2. The van der Waals surface area contributed by atoms with Crippen LogP contribution in [0, 0.1) is 0 Å². The minimum atomic E-state index is -0.219. The summed E-state index contributed by atoms with van der Waals surface area (Å²) >= 11 is 0. The average Bonchev–Trinajstić information content (AvgIpc) is 3.09. The summed E-state index contributed by atoms with van der Waals surface area (Å²) in [5.41, 5.74) is 4.05. The number of hydrogen-bond donors (Lipinski definition) is 2. The molecule has 1 aliphatic heterocycles. The molecular formula is C23H20N2O2. The number of rotatable bonds is 2. The van der Waals surface area contributed by atoms with Crippen molar-refractivity contribution in [2.75, 3.05) is 6.61 Å². The Morgan fingerprint density at radius 2 is 1.74 bits per heavy atom. The monoisotopic (exact) mass is 356 g/mol. The molecule has 27 heavy (non-hydrogen) atoms. The molecular weight excluding hydrogens is 336 g/mol. The van der Waals surface area contributed by atoms with Crippen LogP contribution in [0.1, 0.15) is 21.6 Å². The number of hydrogen-bond acceptors (Lipinski definition) is 2. The van der Waals surface area contributed by atoms with Gasteiger partial charge >= 0.3 is 0 Å². The minimum absolute atomic E-state index is 0.0323. The highest BCUT2D eigenvalue weighted by atomic mass is 16.3. The predicted molar refractivity (Wildman–Crippen MR) is 107 cm³/mol. The predicted octanol–water partition coefficient (Wildman–Crippen LogP) is 3.88. The first-order valence-electron chi connectivity index (χ1n) is 9.24. The summed E-state index contributed by atoms with van der Waals surface area (Å²) < 4.78 is 0. The Labute approximate surface area is 157 Å². The molecule has 4 aromatic rings. The van der Waals surface area contributed by atoms with Crippen LogP contribution in [0.2, 0.25) is 0 Å². The van der Waals surface area contributed by atoms with Gasteiger partial charge in [0.1, 0.15) is 0 Å². The van der Waals surface area contributed by atoms with Crippen LogP contribution in [0.15, 0.2) is 66.7 Å². The number of carbonyl (C=O) groups is 1. The molecule has 2 heterocycles. The Morgan fingerprint density at radius 3 is 2.59 bits per heavy atom. The van der Waals surface area contributed by atoms with Crippen molar-refractivity contribution in [3.8, 4) is 0 Å². The zero-order valence-electron chi connectivity index (χ0n) is 14.9. The Bertz CT molecular complexity index is 1160. The number of aromatic nitrogens is 1. The van der Waals surface area contributed by atoms with Gasteiger partial charge in [-0.1, -0.05) is 54.6 Å². The third kappa shape index (κ3) is 2.53. The molecule has 1 unspecified atom stereocenters. The van der Waals surface area contributed by atoms with Gasteiger partial charge in [-0.25, -0.2) is 0 Å². The molecule has 0 bridgehead atoms. The van der Waals surface area contributed by atoms with E-state index in [0.717, 1.165) is 22.0 Å². The highest BCUT2D eigenvalue weighted by Crippen LogP contribution is 2.31. The number of aliphatic hydroxyl groups excluding tert-OH is 1. The van der Waals surface area contributed by atoms with E-state index in [4.69, 9.17) is 0 Å². The summed E-state index contributed by atoms with van der Waals surface area (Å²) in [7, 11) is 0. The number of aromatic amines is 1. The van der Waals surface area contributed by atoms with Crippen molar-refractivity contribution in [2.24, 2.45) is 0 Å². The molecule has 0 fully saturated rings. The summed E-state index contributed by atoms with van der Waals surface area (Å²) in [6.45, 7) is 0.437. The van der Waals surface area contributed by atoms with Crippen LogP contribution in [-0.2, 0) is 13.0 Å². The summed E-state index contributed by atoms with van der Waals surface area (Å²) in [6.07, 6.45) is 0.659. The van der Waals surface area contributed by atoms with Gasteiger partial charge in [-0.2, -0.15) is 0 Å². The van der Waals surface area contributed by atoms with Crippen LogP contribution in [0.5, 0.6) is 0 Å². The number of nitrogens with one attached hydrogen (secondary N) is 1. The molecule has 4 nitrogen and oxygen atoms in total. The fraction of sp³-hybridized carbons (Fsp3) is 0.174. The van der Waals surface area contributed by atoms with E-state index in [2.05, 4.69) is 17.1 Å². The lowest BCUT2D eigenvalue weighted by molar-refractivity contribution is 0.0543. The molecule has 0 spiro atoms. The van der Waals surface area contributed by atoms with Crippen molar-refractivity contribution in [3.05, 3.63) is 83.6 Å². The molecule has 0 aliphatic carbocycles. The molecule has 4 heteroatoms. The molecule has 134 valence electrons. The van der Waals surface area contributed by atoms with Crippen LogP contribution >= 0.6 is 0 Å². The highest BCUT2D eigenvalue weighted by molar-refractivity contribution is 6.07. The normalized spacial score (nSPS) is 16.6. The van der Waals surface area contributed by atoms with Crippen LogP contribution in [0.3, 0.4) is 0 Å². The van der Waals surface area contributed by atoms with Gasteiger partial charge in [-0.3, -0.25) is 4.79 Å². The number of benzene rings is 3. The Balaban J connectivity index is 1.58. The summed E-state index contributed by atoms with van der Waals surface area (Å²) in [6, 6.07) is 21.7. The summed E-state index contributed by atoms with van der Waals surface area (Å²) in [4.78, 5) is 18.7. The van der Waals surface area contributed by atoms with Crippen molar-refractivity contribution in [2.45, 2.75) is 19.0 Å². The molecule has 1 atom stereocenters. The van der Waals surface area contributed by atoms with E-state index in [9.17, 15) is 9.90 Å². The number of amides is 1. The lowest BCUT2D eigenvalue weighted by atomic mass is 9.95. The first kappa shape index (κ1) is 16.1. The molecule has 5 rings (SSSR count). The van der Waals surface area contributed by atoms with Gasteiger partial charge in [0.15, 0.2) is 0 Å². The topological polar surface area (TPSA) is 56.3 Å². The Morgan fingerprint density at radius 1 is 1.00 bits per heavy atom. The van der Waals surface area contributed by atoms with E-state index >= 15 is 0 Å². The summed E-state index contributed by atoms with van der Waals surface area (Å²) in [5, 5.41) is 13.2. The number of fused-ring (bicyclic) bond motifs is 4. The number of carbonyl (C=O) groups excluding carboxylic acids is 1. The molecule has 0 radical (unpaired) electrons. The number of aliphatic hydroxyl groups is 1. The molecule has 0 saturated carbocycles. The first-order chi connectivity index (χ1) is 13.3. The maximum atomic E-state index is 13.4. The third-order valence-corrected chi connectivity index (χ3v) is 5.60. The van der Waals surface area contributed by atoms with Gasteiger partial charge in [0.2, 0.25) is 0 Å². The molecule has 1 aromatic heterocycles. The van der Waals surface area contributed by atoms with Crippen molar-refractivity contribution < 1.29 is 9.90 Å². The van der Waals surface area contributed by atoms with Gasteiger partial charge < -0.3 is 15.0 Å². The third-order valence-electron chi connectivity index (χ3n) is 5.60. The second-order valence-electron chi connectivity index (χ2n) is 7.13. The fourth-order valence-corrected chi connectivity index (χ4v) is 4.24. The van der Waals surface area contributed by atoms with E-state index in [1.807, 2.05) is 54.6 Å². The SMILES string of the molecule is O=C(c1cccc2ccccc12)N1Cc2[nH]c3ccccc3c2CC1CO. The van der Waals surface area contributed by atoms with Gasteiger partial charge in [0, 0.05) is 22.2 Å².